The summed E-state index contributed by atoms with van der Waals surface area (Å²) in [5.74, 6) is 1.45. The zero-order chi connectivity index (χ0) is 14.5. The number of fused-ring (bicyclic) bond motifs is 1. The van der Waals surface area contributed by atoms with E-state index in [4.69, 9.17) is 0 Å². The molecule has 0 fully saturated rings. The van der Waals surface area contributed by atoms with E-state index in [0.29, 0.717) is 5.95 Å². The van der Waals surface area contributed by atoms with E-state index >= 15 is 0 Å². The molecule has 0 radical (unpaired) electrons. The highest BCUT2D eigenvalue weighted by Gasteiger charge is 2.13. The molecule has 2 heterocycles. The molecule has 0 aliphatic rings. The molecule has 0 saturated carbocycles. The summed E-state index contributed by atoms with van der Waals surface area (Å²) >= 11 is 1.66. The Bertz CT molecular complexity index is 566. The van der Waals surface area contributed by atoms with Gasteiger partial charge in [0.2, 0.25) is 5.95 Å². The highest BCUT2D eigenvalue weighted by molar-refractivity contribution is 7.18. The van der Waals surface area contributed by atoms with Crippen molar-refractivity contribution in [2.24, 2.45) is 0 Å². The number of anilines is 2. The second-order valence-corrected chi connectivity index (χ2v) is 6.07. The number of thiophene rings is 1. The van der Waals surface area contributed by atoms with Crippen molar-refractivity contribution >= 4 is 33.3 Å². The zero-order valence-electron chi connectivity index (χ0n) is 12.2. The van der Waals surface area contributed by atoms with Crippen molar-refractivity contribution in [1.29, 1.82) is 0 Å². The van der Waals surface area contributed by atoms with Gasteiger partial charge in [-0.1, -0.05) is 13.8 Å². The van der Waals surface area contributed by atoms with Gasteiger partial charge in [0.05, 0.1) is 18.0 Å². The standard InChI is InChI=1S/C14H22N4OS/c1-4-6-15-14-17-12(16-10(5-2)8-19)11-7-9(3)20-13(11)18-14/h7,10,19H,4-6,8H2,1-3H3,(H2,15,16,17,18). The molecular weight excluding hydrogens is 272 g/mol. The van der Waals surface area contributed by atoms with Crippen molar-refractivity contribution in [3.05, 3.63) is 10.9 Å². The molecule has 0 aliphatic heterocycles. The summed E-state index contributed by atoms with van der Waals surface area (Å²) in [7, 11) is 0. The predicted molar refractivity (Wildman–Crippen MR) is 85.7 cm³/mol. The number of aromatic nitrogens is 2. The lowest BCUT2D eigenvalue weighted by atomic mass is 10.2. The summed E-state index contributed by atoms with van der Waals surface area (Å²) in [6, 6.07) is 2.11. The first-order valence-electron chi connectivity index (χ1n) is 7.07. The molecule has 2 rings (SSSR count). The minimum atomic E-state index is 0.0207. The highest BCUT2D eigenvalue weighted by Crippen LogP contribution is 2.30. The molecule has 110 valence electrons. The predicted octanol–water partition coefficient (Wildman–Crippen LogP) is 3.00. The van der Waals surface area contributed by atoms with Crippen molar-refractivity contribution in [1.82, 2.24) is 9.97 Å². The molecule has 0 spiro atoms. The first-order valence-corrected chi connectivity index (χ1v) is 7.89. The average Bonchev–Trinajstić information content (AvgIpc) is 2.82. The van der Waals surface area contributed by atoms with Gasteiger partial charge in [0.15, 0.2) is 0 Å². The van der Waals surface area contributed by atoms with Crippen LogP contribution in [0.5, 0.6) is 0 Å². The fourth-order valence-electron chi connectivity index (χ4n) is 1.94. The van der Waals surface area contributed by atoms with Crippen LogP contribution in [0, 0.1) is 6.92 Å². The van der Waals surface area contributed by atoms with Crippen LogP contribution in [0.3, 0.4) is 0 Å². The molecular formula is C14H22N4OS. The van der Waals surface area contributed by atoms with Crippen molar-refractivity contribution in [2.75, 3.05) is 23.8 Å². The van der Waals surface area contributed by atoms with Gasteiger partial charge in [-0.2, -0.15) is 4.98 Å². The second-order valence-electron chi connectivity index (χ2n) is 4.83. The molecule has 6 heteroatoms. The molecule has 1 atom stereocenters. The van der Waals surface area contributed by atoms with Gasteiger partial charge in [0, 0.05) is 11.4 Å². The van der Waals surface area contributed by atoms with Crippen LogP contribution < -0.4 is 10.6 Å². The van der Waals surface area contributed by atoms with Gasteiger partial charge < -0.3 is 15.7 Å². The van der Waals surface area contributed by atoms with Gasteiger partial charge in [0.25, 0.3) is 0 Å². The fourth-order valence-corrected chi connectivity index (χ4v) is 2.82. The van der Waals surface area contributed by atoms with Gasteiger partial charge >= 0.3 is 0 Å². The Labute approximate surface area is 123 Å². The normalized spacial score (nSPS) is 12.6. The number of hydrogen-bond acceptors (Lipinski definition) is 6. The number of aliphatic hydroxyl groups is 1. The number of aryl methyl sites for hydroxylation is 1. The molecule has 0 saturated heterocycles. The van der Waals surface area contributed by atoms with Crippen molar-refractivity contribution in [2.45, 2.75) is 39.7 Å². The summed E-state index contributed by atoms with van der Waals surface area (Å²) in [5, 5.41) is 16.9. The van der Waals surface area contributed by atoms with Gasteiger partial charge in [-0.05, 0) is 25.8 Å². The summed E-state index contributed by atoms with van der Waals surface area (Å²) in [6.07, 6.45) is 1.88. The first kappa shape index (κ1) is 15.0. The largest absolute Gasteiger partial charge is 0.394 e. The Morgan fingerprint density at radius 1 is 1.35 bits per heavy atom. The number of nitrogens with one attached hydrogen (secondary N) is 2. The summed E-state index contributed by atoms with van der Waals surface area (Å²) < 4.78 is 0. The van der Waals surface area contributed by atoms with E-state index in [1.54, 1.807) is 11.3 Å². The third kappa shape index (κ3) is 3.37. The molecule has 2 aromatic heterocycles. The third-order valence-corrected chi connectivity index (χ3v) is 4.05. The maximum absolute atomic E-state index is 9.36. The van der Waals surface area contributed by atoms with Crippen LogP contribution in [-0.4, -0.2) is 34.3 Å². The Hall–Kier alpha value is -1.40. The Kier molecular flexibility index (Phi) is 5.14. The van der Waals surface area contributed by atoms with Gasteiger partial charge in [0.1, 0.15) is 10.6 Å². The van der Waals surface area contributed by atoms with Gasteiger partial charge in [-0.25, -0.2) is 4.98 Å². The Morgan fingerprint density at radius 3 is 2.80 bits per heavy atom. The van der Waals surface area contributed by atoms with Crippen molar-refractivity contribution in [3.63, 3.8) is 0 Å². The van der Waals surface area contributed by atoms with Gasteiger partial charge in [-0.15, -0.1) is 11.3 Å². The van der Waals surface area contributed by atoms with E-state index in [0.717, 1.165) is 35.4 Å². The second kappa shape index (κ2) is 6.85. The summed E-state index contributed by atoms with van der Waals surface area (Å²) in [5.41, 5.74) is 0. The number of aliphatic hydroxyl groups excluding tert-OH is 1. The zero-order valence-corrected chi connectivity index (χ0v) is 13.0. The minimum Gasteiger partial charge on any atom is -0.394 e. The Balaban J connectivity index is 2.37. The maximum atomic E-state index is 9.36. The van der Waals surface area contributed by atoms with E-state index in [2.05, 4.69) is 40.5 Å². The van der Waals surface area contributed by atoms with Crippen LogP contribution >= 0.6 is 11.3 Å². The molecule has 0 amide bonds. The van der Waals surface area contributed by atoms with E-state index in [1.165, 1.54) is 4.88 Å². The lowest BCUT2D eigenvalue weighted by molar-refractivity contribution is 0.271. The fraction of sp³-hybridized carbons (Fsp3) is 0.571. The van der Waals surface area contributed by atoms with Crippen LogP contribution in [0.1, 0.15) is 31.6 Å². The first-order chi connectivity index (χ1) is 9.67. The molecule has 1 unspecified atom stereocenters. The minimum absolute atomic E-state index is 0.0207. The molecule has 5 nitrogen and oxygen atoms in total. The molecule has 0 bridgehead atoms. The lowest BCUT2D eigenvalue weighted by Gasteiger charge is -2.16. The van der Waals surface area contributed by atoms with Gasteiger partial charge in [-0.3, -0.25) is 0 Å². The lowest BCUT2D eigenvalue weighted by Crippen LogP contribution is -2.23. The molecule has 0 aromatic carbocycles. The highest BCUT2D eigenvalue weighted by atomic mass is 32.1. The monoisotopic (exact) mass is 294 g/mol. The van der Waals surface area contributed by atoms with Crippen LogP contribution in [0.25, 0.3) is 10.2 Å². The molecule has 0 aliphatic carbocycles. The van der Waals surface area contributed by atoms with Crippen molar-refractivity contribution in [3.8, 4) is 0 Å². The van der Waals surface area contributed by atoms with Crippen molar-refractivity contribution < 1.29 is 5.11 Å². The van der Waals surface area contributed by atoms with E-state index in [-0.39, 0.29) is 12.6 Å². The third-order valence-electron chi connectivity index (χ3n) is 3.10. The van der Waals surface area contributed by atoms with E-state index in [1.807, 2.05) is 6.92 Å². The van der Waals surface area contributed by atoms with E-state index in [9.17, 15) is 5.11 Å². The topological polar surface area (TPSA) is 70.1 Å². The van der Waals surface area contributed by atoms with Crippen LogP contribution in [0.4, 0.5) is 11.8 Å². The van der Waals surface area contributed by atoms with Crippen LogP contribution in [0.2, 0.25) is 0 Å². The average molecular weight is 294 g/mol. The quantitative estimate of drug-likeness (QED) is 0.732. The van der Waals surface area contributed by atoms with Crippen LogP contribution in [-0.2, 0) is 0 Å². The number of rotatable bonds is 7. The smallest absolute Gasteiger partial charge is 0.226 e. The molecule has 20 heavy (non-hydrogen) atoms. The molecule has 2 aromatic rings. The maximum Gasteiger partial charge on any atom is 0.226 e. The number of hydrogen-bond donors (Lipinski definition) is 3. The molecule has 3 N–H and O–H groups in total. The summed E-state index contributed by atoms with van der Waals surface area (Å²) in [4.78, 5) is 11.3. The van der Waals surface area contributed by atoms with Crippen LogP contribution in [0.15, 0.2) is 6.07 Å². The van der Waals surface area contributed by atoms with E-state index < -0.39 is 0 Å². The SMILES string of the molecule is CCCNc1nc(NC(CC)CO)c2cc(C)sc2n1. The number of nitrogens with zero attached hydrogens (tertiary/aromatic N) is 2. The summed E-state index contributed by atoms with van der Waals surface area (Å²) in [6.45, 7) is 7.17. The Morgan fingerprint density at radius 2 is 2.15 bits per heavy atom.